The zero-order chi connectivity index (χ0) is 72.2. The molecule has 42 heteroatoms. The molecule has 0 bridgehead atoms. The molecule has 0 aromatic rings. The number of ether oxygens (including phenoxy) is 1. The molecule has 0 radical (unpaired) electrons. The monoisotopic (exact) mass is 1390 g/mol. The lowest BCUT2D eigenvalue weighted by atomic mass is 9.84. The van der Waals surface area contributed by atoms with E-state index in [0.717, 1.165) is 0 Å². The Morgan fingerprint density at radius 3 is 0.777 bits per heavy atom. The zero-order valence-electron chi connectivity index (χ0n) is 51.6. The molecule has 8 aliphatic rings. The summed E-state index contributed by atoms with van der Waals surface area (Å²) in [7, 11) is 0. The van der Waals surface area contributed by atoms with Crippen molar-refractivity contribution < 1.29 is 178 Å². The van der Waals surface area contributed by atoms with Gasteiger partial charge in [0.05, 0.1) is 225 Å². The van der Waals surface area contributed by atoms with Crippen molar-refractivity contribution in [2.24, 2.45) is 5.92 Å². The van der Waals surface area contributed by atoms with Crippen LogP contribution in [0.1, 0.15) is 13.3 Å². The Morgan fingerprint density at radius 1 is 0.245 bits per heavy atom. The molecule has 42 nitrogen and oxygen atoms in total. The summed E-state index contributed by atoms with van der Waals surface area (Å²) in [6, 6.07) is -6.15. The maximum atomic E-state index is 9.54. The zero-order valence-corrected chi connectivity index (χ0v) is 51.6. The third-order valence-electron chi connectivity index (χ3n) is 17.0. The van der Waals surface area contributed by atoms with Gasteiger partial charge >= 0.3 is 0 Å². The topological polar surface area (TPSA) is 781 Å². The van der Waals surface area contributed by atoms with E-state index in [1.54, 1.807) is 6.92 Å². The quantitative estimate of drug-likeness (QED) is 0.0863. The van der Waals surface area contributed by atoms with Crippen LogP contribution in [0.25, 0.3) is 0 Å². The van der Waals surface area contributed by atoms with E-state index in [0.29, 0.717) is 13.0 Å². The molecule has 8 aliphatic heterocycles. The largest absolute Gasteiger partial charge is 0.395 e. The van der Waals surface area contributed by atoms with Crippen molar-refractivity contribution in [3.63, 3.8) is 0 Å². The first-order valence-electron chi connectivity index (χ1n) is 30.4. The van der Waals surface area contributed by atoms with E-state index in [1.807, 2.05) is 0 Å². The Hall–Kier alpha value is -1.68. The number of rotatable bonds is 12. The van der Waals surface area contributed by atoms with Crippen LogP contribution in [0, 0.1) is 5.92 Å². The number of piperidine rings is 6. The van der Waals surface area contributed by atoms with E-state index >= 15 is 0 Å². The summed E-state index contributed by atoms with van der Waals surface area (Å²) in [6.45, 7) is -0.625. The summed E-state index contributed by atoms with van der Waals surface area (Å²) in [5, 5.41) is 326. The van der Waals surface area contributed by atoms with Gasteiger partial charge in [-0.2, -0.15) is 0 Å². The molecule has 8 rings (SSSR count). The molecular formula is C52H111N7O35. The highest BCUT2D eigenvalue weighted by Gasteiger charge is 2.46. The lowest BCUT2D eigenvalue weighted by molar-refractivity contribution is -0.286. The first-order valence-corrected chi connectivity index (χ1v) is 30.4. The molecule has 0 saturated carbocycles. The van der Waals surface area contributed by atoms with Crippen LogP contribution in [0.5, 0.6) is 0 Å². The molecule has 0 amide bonds. The van der Waals surface area contributed by atoms with Gasteiger partial charge in [-0.1, -0.05) is 6.92 Å². The minimum absolute atomic E-state index is 0.110. The molecule has 564 valence electrons. The minimum atomic E-state index is -1.57. The Bertz CT molecular complexity index is 1720. The second kappa shape index (κ2) is 46.0. The molecule has 8 heterocycles. The summed E-state index contributed by atoms with van der Waals surface area (Å²) in [6.07, 6.45) is -25.8. The van der Waals surface area contributed by atoms with Crippen LogP contribution in [-0.2, 0) is 4.74 Å². The normalized spacial score (nSPS) is 45.9. The van der Waals surface area contributed by atoms with Gasteiger partial charge in [0.15, 0.2) is 6.29 Å². The SMILES string of the molecule is CC1[C@@H](CO)NC(CO)[C@@H](O)[C@H]1O.OCC1NCC(O)[C@H](O)[C@@H]1O.OCC1NCC(O)[C@H](O)[C@H]1O.OCC1NCC[C@H](O)[C@H]1O.OCC1N[C@H](CO)C(O)C(O)[C@@H]1O.OCC1N[C@H](CO)C(O)C(O)[C@H]1O.OCC1O[C@H](O)C(O)[C@H](O)[C@H]1O.OC[C@H]1N[C@H](CO)[C@H](O)C1O. The average molecular weight is 1390 g/mol. The van der Waals surface area contributed by atoms with Crippen LogP contribution in [0.3, 0.4) is 0 Å². The fourth-order valence-corrected chi connectivity index (χ4v) is 10.4. The fourth-order valence-electron chi connectivity index (χ4n) is 10.4. The summed E-state index contributed by atoms with van der Waals surface area (Å²) >= 11 is 0. The summed E-state index contributed by atoms with van der Waals surface area (Å²) in [5.41, 5.74) is 0. The number of hydrogen-bond acceptors (Lipinski definition) is 42. The van der Waals surface area contributed by atoms with Gasteiger partial charge in [0.2, 0.25) is 0 Å². The van der Waals surface area contributed by atoms with Gasteiger partial charge < -0.3 is 216 Å². The molecule has 35 atom stereocenters. The van der Waals surface area contributed by atoms with Gasteiger partial charge in [0.25, 0.3) is 0 Å². The van der Waals surface area contributed by atoms with Crippen LogP contribution in [0.15, 0.2) is 0 Å². The van der Waals surface area contributed by atoms with Gasteiger partial charge in [-0.3, -0.25) is 0 Å². The van der Waals surface area contributed by atoms with Gasteiger partial charge in [-0.15, -0.1) is 0 Å². The first kappa shape index (κ1) is 90.3. The average Bonchev–Trinajstić information content (AvgIpc) is 1.39. The van der Waals surface area contributed by atoms with Crippen LogP contribution < -0.4 is 37.2 Å². The van der Waals surface area contributed by atoms with E-state index in [2.05, 4.69) is 42.0 Å². The standard InChI is InChI=1S/C8H17NO4.2C7H15NO5.3C6H13NO4.C6H13NO3.C6H12O6/c1-4-5(2-10)9-6(3-11)8(13)7(4)12;2*9-1-3-5(11)7(13)6(12)4(2-10)8-3;2*8-2-3-5(10)6(11)4(9)1-7-3;8-1-3-5(10)6(11)4(2-9)7-3;8-3-4-6(10)5(9)1-2-7-4;7-1-2-3(8)4(9)5(10)6(11)12-2/h4-13H,2-3H2,1H3;2*3-13H,1-2H2;3*3-11H,1-2H2;4-10H,1-3H2;2-11H,1H2/t4?,5-,6?,7+,8-;3-,4?,5?,6+,7?;3-,4?,5?,6-,7?;3?,4?,5-,6+;3?,4?,5-,6-;3-,4-,5+,6?;4?,5-,6-;2?,3-,4+,5?,6-/m11110100/s1. The van der Waals surface area contributed by atoms with Crippen molar-refractivity contribution >= 4 is 0 Å². The number of nitrogens with one attached hydrogen (secondary N) is 7. The van der Waals surface area contributed by atoms with Crippen LogP contribution in [0.2, 0.25) is 0 Å². The van der Waals surface area contributed by atoms with Crippen LogP contribution in [0.4, 0.5) is 0 Å². The predicted octanol–water partition coefficient (Wildman–Crippen LogP) is -23.6. The lowest BCUT2D eigenvalue weighted by Gasteiger charge is -2.41. The highest BCUT2D eigenvalue weighted by Crippen LogP contribution is 2.22. The molecule has 0 aromatic carbocycles. The third-order valence-corrected chi connectivity index (χ3v) is 17.0. The van der Waals surface area contributed by atoms with Gasteiger partial charge in [-0.05, 0) is 13.0 Å². The molecule has 0 aromatic heterocycles. The number of aliphatic hydroxyl groups is 34. The minimum Gasteiger partial charge on any atom is -0.395 e. The lowest BCUT2D eigenvalue weighted by Crippen LogP contribution is -2.66. The Kier molecular flexibility index (Phi) is 44.2. The predicted molar refractivity (Wildman–Crippen MR) is 314 cm³/mol. The Morgan fingerprint density at radius 2 is 0.500 bits per heavy atom. The molecule has 8 fully saturated rings. The number of hydrogen-bond donors (Lipinski definition) is 41. The van der Waals surface area contributed by atoms with E-state index in [9.17, 15) is 61.3 Å². The second-order valence-corrected chi connectivity index (χ2v) is 23.5. The van der Waals surface area contributed by atoms with Crippen molar-refractivity contribution in [3.8, 4) is 0 Å². The second-order valence-electron chi connectivity index (χ2n) is 23.5. The molecule has 0 spiro atoms. The van der Waals surface area contributed by atoms with Crippen molar-refractivity contribution in [2.75, 3.05) is 98.9 Å². The maximum absolute atomic E-state index is 9.54. The van der Waals surface area contributed by atoms with Crippen LogP contribution in [-0.4, -0.2) is 480 Å². The molecule has 94 heavy (non-hydrogen) atoms. The summed E-state index contributed by atoms with van der Waals surface area (Å²) in [5.74, 6) is -0.220. The molecule has 8 saturated heterocycles. The molecular weight excluding hydrogens is 1280 g/mol. The smallest absolute Gasteiger partial charge is 0.184 e. The molecule has 0 aliphatic carbocycles. The summed E-state index contributed by atoms with van der Waals surface area (Å²) < 4.78 is 4.58. The van der Waals surface area contributed by atoms with Crippen LogP contribution >= 0.6 is 0 Å². The summed E-state index contributed by atoms with van der Waals surface area (Å²) in [4.78, 5) is 0. The van der Waals surface area contributed by atoms with Crippen molar-refractivity contribution in [1.82, 2.24) is 37.2 Å². The number of β-amino-alcohol motifs (C(OH)–C–C–N with tert-alkyl or cyclic N) is 2. The Labute approximate surface area is 539 Å². The van der Waals surface area contributed by atoms with E-state index < -0.39 is 202 Å². The molecule has 41 N–H and O–H groups in total. The van der Waals surface area contributed by atoms with Crippen molar-refractivity contribution in [1.29, 1.82) is 0 Å². The maximum Gasteiger partial charge on any atom is 0.184 e. The van der Waals surface area contributed by atoms with Gasteiger partial charge in [-0.25, -0.2) is 0 Å². The third kappa shape index (κ3) is 26.0. The van der Waals surface area contributed by atoms with E-state index in [-0.39, 0.29) is 104 Å². The van der Waals surface area contributed by atoms with E-state index in [1.165, 1.54) is 0 Å². The van der Waals surface area contributed by atoms with Crippen molar-refractivity contribution in [2.45, 2.75) is 220 Å². The highest BCUT2D eigenvalue weighted by atomic mass is 16.6. The van der Waals surface area contributed by atoms with Gasteiger partial charge in [0, 0.05) is 25.0 Å². The highest BCUT2D eigenvalue weighted by molar-refractivity contribution is 5.01. The van der Waals surface area contributed by atoms with E-state index in [4.69, 9.17) is 112 Å². The fraction of sp³-hybridized carbons (Fsp3) is 1.00. The van der Waals surface area contributed by atoms with Crippen molar-refractivity contribution in [3.05, 3.63) is 0 Å². The first-order chi connectivity index (χ1) is 44.2. The van der Waals surface area contributed by atoms with Gasteiger partial charge in [0.1, 0.15) is 48.8 Å². The Balaban J connectivity index is 0.000000538. The molecule has 16 unspecified atom stereocenters. The number of aliphatic hydroxyl groups excluding tert-OH is 34.